The van der Waals surface area contributed by atoms with E-state index in [4.69, 9.17) is 5.11 Å². The molecule has 0 spiro atoms. The summed E-state index contributed by atoms with van der Waals surface area (Å²) < 4.78 is 0. The Morgan fingerprint density at radius 3 is 2.47 bits per heavy atom. The van der Waals surface area contributed by atoms with E-state index < -0.39 is 0 Å². The van der Waals surface area contributed by atoms with E-state index in [2.05, 4.69) is 0 Å². The van der Waals surface area contributed by atoms with Crippen LogP contribution in [0, 0.1) is 0 Å². The van der Waals surface area contributed by atoms with Gasteiger partial charge in [-0.25, -0.2) is 0 Å². The van der Waals surface area contributed by atoms with E-state index >= 15 is 0 Å². The van der Waals surface area contributed by atoms with Gasteiger partial charge in [0.05, 0.1) is 4.91 Å². The van der Waals surface area contributed by atoms with Gasteiger partial charge in [0.2, 0.25) is 0 Å². The van der Waals surface area contributed by atoms with Gasteiger partial charge in [-0.2, -0.15) is 0 Å². The number of nitrogens with zero attached hydrogens (tertiary/aromatic N) is 1. The first-order valence-corrected chi connectivity index (χ1v) is 5.98. The molecule has 0 saturated carbocycles. The number of hydrogen-bond acceptors (Lipinski definition) is 4. The minimum Gasteiger partial charge on any atom is -0.508 e. The number of phenols is 1. The Labute approximate surface area is 103 Å². The highest BCUT2D eigenvalue weighted by Crippen LogP contribution is 2.31. The average Bonchev–Trinajstić information content (AvgIpc) is 2.57. The smallest absolute Gasteiger partial charge is 0.293 e. The van der Waals surface area contributed by atoms with E-state index in [-0.39, 0.29) is 16.9 Å². The molecule has 5 heteroatoms. The number of thioether (sulfide) groups is 1. The summed E-state index contributed by atoms with van der Waals surface area (Å²) in [6, 6.07) is 6.45. The first-order valence-electron chi connectivity index (χ1n) is 5.16. The van der Waals surface area contributed by atoms with Gasteiger partial charge in [0.25, 0.3) is 11.1 Å². The lowest BCUT2D eigenvalue weighted by atomic mass is 10.2. The van der Waals surface area contributed by atoms with Gasteiger partial charge in [-0.15, -0.1) is 0 Å². The maximum atomic E-state index is 11.8. The zero-order valence-electron chi connectivity index (χ0n) is 9.21. The molecule has 1 aliphatic rings. The van der Waals surface area contributed by atoms with Gasteiger partial charge in [-0.1, -0.05) is 12.1 Å². The third kappa shape index (κ3) is 2.34. The lowest BCUT2D eigenvalue weighted by Crippen LogP contribution is -2.27. The fourth-order valence-corrected chi connectivity index (χ4v) is 2.40. The first kappa shape index (κ1) is 11.7. The number of amides is 2. The molecule has 1 aliphatic heterocycles. The molecule has 4 nitrogen and oxygen atoms in total. The van der Waals surface area contributed by atoms with E-state index in [9.17, 15) is 9.59 Å². The highest BCUT2D eigenvalue weighted by atomic mass is 32.2. The van der Waals surface area contributed by atoms with Crippen molar-refractivity contribution in [3.05, 3.63) is 34.7 Å². The molecule has 1 fully saturated rings. The number of carbonyl (C=O) groups excluding carboxylic acids is 2. The summed E-state index contributed by atoms with van der Waals surface area (Å²) >= 11 is 0.941. The molecule has 0 atom stereocenters. The summed E-state index contributed by atoms with van der Waals surface area (Å²) in [5.41, 5.74) is 0.782. The van der Waals surface area contributed by atoms with E-state index in [1.165, 1.54) is 17.0 Å². The summed E-state index contributed by atoms with van der Waals surface area (Å²) in [6.45, 7) is 2.15. The Hall–Kier alpha value is -1.75. The topological polar surface area (TPSA) is 57.6 Å². The van der Waals surface area contributed by atoms with Crippen LogP contribution in [0.4, 0.5) is 4.79 Å². The normalized spacial score (nSPS) is 18.2. The van der Waals surface area contributed by atoms with Crippen LogP contribution in [0.5, 0.6) is 5.75 Å². The molecule has 1 saturated heterocycles. The van der Waals surface area contributed by atoms with Crippen molar-refractivity contribution >= 4 is 29.0 Å². The van der Waals surface area contributed by atoms with Gasteiger partial charge in [0.1, 0.15) is 5.75 Å². The van der Waals surface area contributed by atoms with Crippen LogP contribution in [0.15, 0.2) is 29.2 Å². The molecule has 1 N–H and O–H groups in total. The number of imide groups is 1. The van der Waals surface area contributed by atoms with Crippen molar-refractivity contribution in [3.63, 3.8) is 0 Å². The summed E-state index contributed by atoms with van der Waals surface area (Å²) in [6.07, 6.45) is 1.65. The molecule has 2 amide bonds. The molecule has 1 aromatic rings. The second-order valence-electron chi connectivity index (χ2n) is 3.52. The number of benzene rings is 1. The Kier molecular flexibility index (Phi) is 3.19. The number of aromatic hydroxyl groups is 1. The van der Waals surface area contributed by atoms with E-state index in [0.717, 1.165) is 17.3 Å². The van der Waals surface area contributed by atoms with Gasteiger partial charge in [0, 0.05) is 6.54 Å². The van der Waals surface area contributed by atoms with Gasteiger partial charge in [0.15, 0.2) is 0 Å². The molecular formula is C12H11NO3S. The van der Waals surface area contributed by atoms with Gasteiger partial charge >= 0.3 is 0 Å². The molecule has 0 bridgehead atoms. The Bertz CT molecular complexity index is 493. The van der Waals surface area contributed by atoms with Gasteiger partial charge in [-0.05, 0) is 42.5 Å². The SMILES string of the molecule is CCN1C(=O)S/C(=C/c2ccc(O)cc2)C1=O. The van der Waals surface area contributed by atoms with Crippen LogP contribution in [0.3, 0.4) is 0 Å². The van der Waals surface area contributed by atoms with E-state index in [1.807, 2.05) is 0 Å². The first-order chi connectivity index (χ1) is 8.11. The third-order valence-electron chi connectivity index (χ3n) is 2.38. The highest BCUT2D eigenvalue weighted by molar-refractivity contribution is 8.18. The number of carbonyl (C=O) groups is 2. The van der Waals surface area contributed by atoms with Crippen molar-refractivity contribution in [3.8, 4) is 5.75 Å². The fraction of sp³-hybridized carbons (Fsp3) is 0.167. The van der Waals surface area contributed by atoms with Gasteiger partial charge in [-0.3, -0.25) is 14.5 Å². The zero-order valence-corrected chi connectivity index (χ0v) is 10.0. The largest absolute Gasteiger partial charge is 0.508 e. The minimum atomic E-state index is -0.254. The lowest BCUT2D eigenvalue weighted by Gasteiger charge is -2.06. The number of likely N-dealkylation sites (N-methyl/N-ethyl adjacent to an activating group) is 1. The van der Waals surface area contributed by atoms with Crippen LogP contribution in [-0.4, -0.2) is 27.7 Å². The summed E-state index contributed by atoms with van der Waals surface area (Å²) in [7, 11) is 0. The van der Waals surface area contributed by atoms with Crippen LogP contribution < -0.4 is 0 Å². The Morgan fingerprint density at radius 2 is 1.94 bits per heavy atom. The Morgan fingerprint density at radius 1 is 1.29 bits per heavy atom. The molecule has 88 valence electrons. The summed E-state index contributed by atoms with van der Waals surface area (Å²) in [5, 5.41) is 8.90. The van der Waals surface area contributed by atoms with Crippen molar-refractivity contribution < 1.29 is 14.7 Å². The van der Waals surface area contributed by atoms with Crippen molar-refractivity contribution in [2.45, 2.75) is 6.92 Å². The van der Waals surface area contributed by atoms with Crippen molar-refractivity contribution in [1.29, 1.82) is 0 Å². The Balaban J connectivity index is 2.27. The van der Waals surface area contributed by atoms with Crippen LogP contribution in [-0.2, 0) is 4.79 Å². The van der Waals surface area contributed by atoms with Crippen LogP contribution in [0.25, 0.3) is 6.08 Å². The maximum absolute atomic E-state index is 11.8. The van der Waals surface area contributed by atoms with Crippen LogP contribution in [0.1, 0.15) is 12.5 Å². The number of rotatable bonds is 2. The van der Waals surface area contributed by atoms with Gasteiger partial charge < -0.3 is 5.11 Å². The monoisotopic (exact) mass is 249 g/mol. The molecule has 17 heavy (non-hydrogen) atoms. The predicted octanol–water partition coefficient (Wildman–Crippen LogP) is 2.45. The molecule has 0 unspecified atom stereocenters. The second kappa shape index (κ2) is 4.63. The predicted molar refractivity (Wildman–Crippen MR) is 66.5 cm³/mol. The standard InChI is InChI=1S/C12H11NO3S/c1-2-13-11(15)10(17-12(13)16)7-8-3-5-9(14)6-4-8/h3-7,14H,2H2,1H3/b10-7+. The van der Waals surface area contributed by atoms with Crippen LogP contribution in [0.2, 0.25) is 0 Å². The highest BCUT2D eigenvalue weighted by Gasteiger charge is 2.33. The lowest BCUT2D eigenvalue weighted by molar-refractivity contribution is -0.122. The summed E-state index contributed by atoms with van der Waals surface area (Å²) in [5.74, 6) is -0.0839. The molecule has 0 aromatic heterocycles. The molecular weight excluding hydrogens is 238 g/mol. The number of phenolic OH excluding ortho intramolecular Hbond substituents is 1. The number of hydrogen-bond donors (Lipinski definition) is 1. The van der Waals surface area contributed by atoms with Crippen molar-refractivity contribution in [1.82, 2.24) is 4.90 Å². The molecule has 1 heterocycles. The van der Waals surface area contributed by atoms with E-state index in [1.54, 1.807) is 25.1 Å². The summed E-state index contributed by atoms with van der Waals surface area (Å²) in [4.78, 5) is 24.9. The quantitative estimate of drug-likeness (QED) is 0.818. The molecule has 0 aliphatic carbocycles. The average molecular weight is 249 g/mol. The molecule has 2 rings (SSSR count). The van der Waals surface area contributed by atoms with Crippen LogP contribution >= 0.6 is 11.8 Å². The third-order valence-corrected chi connectivity index (χ3v) is 3.29. The van der Waals surface area contributed by atoms with Crippen molar-refractivity contribution in [2.75, 3.05) is 6.54 Å². The minimum absolute atomic E-state index is 0.170. The molecule has 0 radical (unpaired) electrons. The molecule has 1 aromatic carbocycles. The maximum Gasteiger partial charge on any atom is 0.293 e. The zero-order chi connectivity index (χ0) is 12.4. The fourth-order valence-electron chi connectivity index (χ4n) is 1.49. The van der Waals surface area contributed by atoms with E-state index in [0.29, 0.717) is 11.4 Å². The van der Waals surface area contributed by atoms with Crippen molar-refractivity contribution in [2.24, 2.45) is 0 Å². The second-order valence-corrected chi connectivity index (χ2v) is 4.51.